The van der Waals surface area contributed by atoms with Gasteiger partial charge >= 0.3 is 0 Å². The van der Waals surface area contributed by atoms with E-state index in [0.717, 1.165) is 5.56 Å². The van der Waals surface area contributed by atoms with Gasteiger partial charge in [0.05, 0.1) is 6.26 Å². The maximum Gasteiger partial charge on any atom is 0.287 e. The molecule has 1 aromatic heterocycles. The summed E-state index contributed by atoms with van der Waals surface area (Å²) in [7, 11) is 0. The Bertz CT molecular complexity index is 579. The van der Waals surface area contributed by atoms with E-state index in [1.165, 1.54) is 6.26 Å². The van der Waals surface area contributed by atoms with Crippen LogP contribution in [0.1, 0.15) is 23.0 Å². The molecule has 1 atom stereocenters. The van der Waals surface area contributed by atoms with Crippen LogP contribution < -0.4 is 10.6 Å². The van der Waals surface area contributed by atoms with Crippen molar-refractivity contribution in [2.45, 2.75) is 19.4 Å². The SMILES string of the molecule is CCNC(=O)C(Cc1ccccc1)NC(=O)c1ccco1. The number of amides is 2. The molecule has 0 aliphatic carbocycles. The van der Waals surface area contributed by atoms with Gasteiger partial charge in [-0.1, -0.05) is 30.3 Å². The Morgan fingerprint density at radius 1 is 1.14 bits per heavy atom. The molecule has 1 aromatic carbocycles. The normalized spacial score (nSPS) is 11.7. The lowest BCUT2D eigenvalue weighted by Crippen LogP contribution is -2.47. The van der Waals surface area contributed by atoms with E-state index >= 15 is 0 Å². The van der Waals surface area contributed by atoms with Crippen LogP contribution in [0.2, 0.25) is 0 Å². The summed E-state index contributed by atoms with van der Waals surface area (Å²) in [6.45, 7) is 2.35. The van der Waals surface area contributed by atoms with E-state index < -0.39 is 11.9 Å². The van der Waals surface area contributed by atoms with Crippen LogP contribution in [0.3, 0.4) is 0 Å². The van der Waals surface area contributed by atoms with E-state index in [-0.39, 0.29) is 11.7 Å². The summed E-state index contributed by atoms with van der Waals surface area (Å²) in [5.41, 5.74) is 0.980. The second-order valence-electron chi connectivity index (χ2n) is 4.59. The van der Waals surface area contributed by atoms with Gasteiger partial charge in [-0.2, -0.15) is 0 Å². The topological polar surface area (TPSA) is 71.3 Å². The quantitative estimate of drug-likeness (QED) is 0.850. The Kier molecular flexibility index (Phi) is 5.15. The number of furan rings is 1. The fourth-order valence-corrected chi connectivity index (χ4v) is 1.99. The van der Waals surface area contributed by atoms with Crippen molar-refractivity contribution in [1.29, 1.82) is 0 Å². The predicted octanol–water partition coefficient (Wildman–Crippen LogP) is 1.76. The molecule has 21 heavy (non-hydrogen) atoms. The lowest BCUT2D eigenvalue weighted by molar-refractivity contribution is -0.122. The molecule has 5 heteroatoms. The number of hydrogen-bond donors (Lipinski definition) is 2. The Labute approximate surface area is 123 Å². The van der Waals surface area contributed by atoms with Crippen molar-refractivity contribution in [3.63, 3.8) is 0 Å². The molecule has 1 heterocycles. The zero-order valence-electron chi connectivity index (χ0n) is 11.8. The molecule has 0 aliphatic rings. The highest BCUT2D eigenvalue weighted by Crippen LogP contribution is 2.06. The van der Waals surface area contributed by atoms with Crippen LogP contribution >= 0.6 is 0 Å². The number of benzene rings is 1. The second kappa shape index (κ2) is 7.28. The molecule has 0 saturated carbocycles. The van der Waals surface area contributed by atoms with Crippen molar-refractivity contribution in [2.75, 3.05) is 6.54 Å². The van der Waals surface area contributed by atoms with Crippen LogP contribution in [0.15, 0.2) is 53.1 Å². The zero-order valence-corrected chi connectivity index (χ0v) is 11.8. The first kappa shape index (κ1) is 14.8. The molecule has 0 fully saturated rings. The summed E-state index contributed by atoms with van der Waals surface area (Å²) in [6.07, 6.45) is 1.85. The number of likely N-dealkylation sites (N-methyl/N-ethyl adjacent to an activating group) is 1. The first-order chi connectivity index (χ1) is 10.2. The first-order valence-electron chi connectivity index (χ1n) is 6.86. The smallest absolute Gasteiger partial charge is 0.287 e. The zero-order chi connectivity index (χ0) is 15.1. The van der Waals surface area contributed by atoms with Crippen LogP contribution in [0.4, 0.5) is 0 Å². The fraction of sp³-hybridized carbons (Fsp3) is 0.250. The Hall–Kier alpha value is -2.56. The van der Waals surface area contributed by atoms with E-state index in [4.69, 9.17) is 4.42 Å². The van der Waals surface area contributed by atoms with Crippen molar-refractivity contribution in [3.05, 3.63) is 60.1 Å². The van der Waals surface area contributed by atoms with Crippen molar-refractivity contribution < 1.29 is 14.0 Å². The van der Waals surface area contributed by atoms with Gasteiger partial charge in [0.15, 0.2) is 5.76 Å². The van der Waals surface area contributed by atoms with Gasteiger partial charge in [-0.3, -0.25) is 9.59 Å². The molecule has 2 N–H and O–H groups in total. The molecule has 0 aliphatic heterocycles. The number of rotatable bonds is 6. The first-order valence-corrected chi connectivity index (χ1v) is 6.86. The highest BCUT2D eigenvalue weighted by molar-refractivity contribution is 5.95. The molecule has 5 nitrogen and oxygen atoms in total. The molecular weight excluding hydrogens is 268 g/mol. The van der Waals surface area contributed by atoms with Gasteiger partial charge in [0.2, 0.25) is 5.91 Å². The van der Waals surface area contributed by atoms with E-state index in [1.807, 2.05) is 37.3 Å². The van der Waals surface area contributed by atoms with Crippen LogP contribution in [0.25, 0.3) is 0 Å². The summed E-state index contributed by atoms with van der Waals surface area (Å²) < 4.78 is 5.04. The third kappa shape index (κ3) is 4.21. The molecule has 0 bridgehead atoms. The van der Waals surface area contributed by atoms with E-state index in [1.54, 1.807) is 12.1 Å². The molecule has 0 radical (unpaired) electrons. The Morgan fingerprint density at radius 2 is 1.90 bits per heavy atom. The predicted molar refractivity (Wildman–Crippen MR) is 78.8 cm³/mol. The fourth-order valence-electron chi connectivity index (χ4n) is 1.99. The highest BCUT2D eigenvalue weighted by atomic mass is 16.3. The summed E-state index contributed by atoms with van der Waals surface area (Å²) in [4.78, 5) is 24.1. The van der Waals surface area contributed by atoms with E-state index in [0.29, 0.717) is 13.0 Å². The Morgan fingerprint density at radius 3 is 2.52 bits per heavy atom. The average molecular weight is 286 g/mol. The summed E-state index contributed by atoms with van der Waals surface area (Å²) in [6, 6.07) is 12.1. The van der Waals surface area contributed by atoms with Crippen LogP contribution in [-0.2, 0) is 11.2 Å². The minimum absolute atomic E-state index is 0.192. The van der Waals surface area contributed by atoms with Gasteiger partial charge in [-0.15, -0.1) is 0 Å². The monoisotopic (exact) mass is 286 g/mol. The maximum atomic E-state index is 12.1. The van der Waals surface area contributed by atoms with Crippen molar-refractivity contribution >= 4 is 11.8 Å². The summed E-state index contributed by atoms with van der Waals surface area (Å²) in [5, 5.41) is 5.44. The molecular formula is C16H18N2O3. The van der Waals surface area contributed by atoms with E-state index in [9.17, 15) is 9.59 Å². The standard InChI is InChI=1S/C16H18N2O3/c1-2-17-15(19)13(11-12-7-4-3-5-8-12)18-16(20)14-9-6-10-21-14/h3-10,13H,2,11H2,1H3,(H,17,19)(H,18,20). The third-order valence-electron chi connectivity index (χ3n) is 3.00. The molecule has 2 amide bonds. The summed E-state index contributed by atoms with van der Waals surface area (Å²) in [5.74, 6) is -0.411. The highest BCUT2D eigenvalue weighted by Gasteiger charge is 2.22. The molecule has 1 unspecified atom stereocenters. The van der Waals surface area contributed by atoms with Gasteiger partial charge in [-0.25, -0.2) is 0 Å². The number of nitrogens with one attached hydrogen (secondary N) is 2. The summed E-state index contributed by atoms with van der Waals surface area (Å²) >= 11 is 0. The van der Waals surface area contributed by atoms with Crippen LogP contribution in [-0.4, -0.2) is 24.4 Å². The molecule has 0 saturated heterocycles. The van der Waals surface area contributed by atoms with Crippen LogP contribution in [0.5, 0.6) is 0 Å². The molecule has 2 aromatic rings. The lowest BCUT2D eigenvalue weighted by atomic mass is 10.1. The Balaban J connectivity index is 2.08. The second-order valence-corrected chi connectivity index (χ2v) is 4.59. The van der Waals surface area contributed by atoms with E-state index in [2.05, 4.69) is 10.6 Å². The van der Waals surface area contributed by atoms with Gasteiger partial charge in [0.25, 0.3) is 5.91 Å². The minimum atomic E-state index is -0.634. The van der Waals surface area contributed by atoms with Gasteiger partial charge < -0.3 is 15.1 Å². The van der Waals surface area contributed by atoms with Crippen molar-refractivity contribution in [3.8, 4) is 0 Å². The largest absolute Gasteiger partial charge is 0.459 e. The average Bonchev–Trinajstić information content (AvgIpc) is 3.02. The third-order valence-corrected chi connectivity index (χ3v) is 3.00. The molecule has 0 spiro atoms. The minimum Gasteiger partial charge on any atom is -0.459 e. The van der Waals surface area contributed by atoms with Gasteiger partial charge in [0, 0.05) is 13.0 Å². The molecule has 2 rings (SSSR count). The lowest BCUT2D eigenvalue weighted by Gasteiger charge is -2.17. The number of carbonyl (C=O) groups is 2. The molecule has 110 valence electrons. The maximum absolute atomic E-state index is 12.1. The number of hydrogen-bond acceptors (Lipinski definition) is 3. The number of carbonyl (C=O) groups excluding carboxylic acids is 2. The van der Waals surface area contributed by atoms with Gasteiger partial charge in [0.1, 0.15) is 6.04 Å². The van der Waals surface area contributed by atoms with Gasteiger partial charge in [-0.05, 0) is 24.6 Å². The van der Waals surface area contributed by atoms with Crippen molar-refractivity contribution in [1.82, 2.24) is 10.6 Å². The van der Waals surface area contributed by atoms with Crippen molar-refractivity contribution in [2.24, 2.45) is 0 Å². The van der Waals surface area contributed by atoms with Crippen LogP contribution in [0, 0.1) is 0 Å².